The lowest BCUT2D eigenvalue weighted by molar-refractivity contribution is -0.134. The summed E-state index contributed by atoms with van der Waals surface area (Å²) in [5.41, 5.74) is 0. The van der Waals surface area contributed by atoms with Gasteiger partial charge in [-0.25, -0.2) is 0 Å². The zero-order chi connectivity index (χ0) is 11.7. The standard InChI is InChI=1S/C12H26O2Si/c1-4-5-6-7-8-9-10-15(2,3)11-12(13)14/h4-11H2,1-3H3,(H,13,14). The molecule has 0 bridgehead atoms. The predicted octanol–water partition coefficient (Wildman–Crippen LogP) is 4.14. The molecule has 0 rings (SSSR count). The van der Waals surface area contributed by atoms with Gasteiger partial charge >= 0.3 is 5.97 Å². The molecule has 0 unspecified atom stereocenters. The third kappa shape index (κ3) is 9.98. The van der Waals surface area contributed by atoms with E-state index < -0.39 is 14.0 Å². The van der Waals surface area contributed by atoms with Gasteiger partial charge in [-0.1, -0.05) is 64.6 Å². The molecule has 0 spiro atoms. The Morgan fingerprint density at radius 2 is 1.60 bits per heavy atom. The maximum absolute atomic E-state index is 10.6. The molecule has 0 aliphatic heterocycles. The number of carboxylic acids is 1. The largest absolute Gasteiger partial charge is 0.481 e. The first-order chi connectivity index (χ1) is 6.98. The second-order valence-electron chi connectivity index (χ2n) is 5.25. The van der Waals surface area contributed by atoms with E-state index in [1.54, 1.807) is 0 Å². The van der Waals surface area contributed by atoms with Crippen molar-refractivity contribution >= 4 is 14.0 Å². The Morgan fingerprint density at radius 3 is 2.13 bits per heavy atom. The van der Waals surface area contributed by atoms with Gasteiger partial charge in [0.15, 0.2) is 0 Å². The Hall–Kier alpha value is -0.313. The van der Waals surface area contributed by atoms with Crippen LogP contribution in [0.1, 0.15) is 45.4 Å². The number of hydrogen-bond acceptors (Lipinski definition) is 1. The molecule has 0 aliphatic rings. The number of unbranched alkanes of at least 4 members (excludes halogenated alkanes) is 5. The van der Waals surface area contributed by atoms with Crippen molar-refractivity contribution in [3.05, 3.63) is 0 Å². The average Bonchev–Trinajstić information content (AvgIpc) is 2.08. The third-order valence-corrected chi connectivity index (χ3v) is 5.80. The van der Waals surface area contributed by atoms with Gasteiger partial charge in [-0.3, -0.25) is 4.79 Å². The van der Waals surface area contributed by atoms with Crippen molar-refractivity contribution in [2.45, 2.75) is 70.6 Å². The summed E-state index contributed by atoms with van der Waals surface area (Å²) in [6.07, 6.45) is 7.82. The Kier molecular flexibility index (Phi) is 7.75. The van der Waals surface area contributed by atoms with Crippen LogP contribution in [-0.2, 0) is 4.79 Å². The first-order valence-electron chi connectivity index (χ1n) is 6.20. The van der Waals surface area contributed by atoms with Crippen LogP contribution in [0.4, 0.5) is 0 Å². The molecule has 0 fully saturated rings. The number of carbonyl (C=O) groups is 1. The van der Waals surface area contributed by atoms with Crippen molar-refractivity contribution in [2.24, 2.45) is 0 Å². The lowest BCUT2D eigenvalue weighted by Gasteiger charge is -2.19. The molecular formula is C12H26O2Si. The highest BCUT2D eigenvalue weighted by molar-refractivity contribution is 6.79. The fourth-order valence-corrected chi connectivity index (χ4v) is 4.08. The van der Waals surface area contributed by atoms with Gasteiger partial charge in [0.2, 0.25) is 0 Å². The van der Waals surface area contributed by atoms with E-state index in [0.29, 0.717) is 6.04 Å². The Labute approximate surface area is 95.1 Å². The molecule has 0 amide bonds. The van der Waals surface area contributed by atoms with Gasteiger partial charge in [0.1, 0.15) is 0 Å². The fraction of sp³-hybridized carbons (Fsp3) is 0.917. The molecule has 0 aromatic heterocycles. The van der Waals surface area contributed by atoms with Crippen molar-refractivity contribution in [1.82, 2.24) is 0 Å². The predicted molar refractivity (Wildman–Crippen MR) is 68.1 cm³/mol. The smallest absolute Gasteiger partial charge is 0.300 e. The highest BCUT2D eigenvalue weighted by Gasteiger charge is 2.23. The first-order valence-corrected chi connectivity index (χ1v) is 9.61. The molecule has 15 heavy (non-hydrogen) atoms. The zero-order valence-corrected chi connectivity index (χ0v) is 11.5. The molecule has 0 radical (unpaired) electrons. The summed E-state index contributed by atoms with van der Waals surface area (Å²) in [5.74, 6) is -0.613. The second kappa shape index (κ2) is 7.91. The van der Waals surface area contributed by atoms with Crippen LogP contribution < -0.4 is 0 Å². The molecule has 1 N–H and O–H groups in total. The fourth-order valence-electron chi connectivity index (χ4n) is 1.88. The van der Waals surface area contributed by atoms with Crippen LogP contribution in [0.5, 0.6) is 0 Å². The molecule has 0 heterocycles. The molecule has 0 aliphatic carbocycles. The highest BCUT2D eigenvalue weighted by atomic mass is 28.3. The van der Waals surface area contributed by atoms with Crippen LogP contribution in [0, 0.1) is 0 Å². The van der Waals surface area contributed by atoms with E-state index in [1.165, 1.54) is 44.6 Å². The summed E-state index contributed by atoms with van der Waals surface area (Å²) in [4.78, 5) is 10.6. The maximum Gasteiger partial charge on any atom is 0.300 e. The van der Waals surface area contributed by atoms with Crippen molar-refractivity contribution in [3.63, 3.8) is 0 Å². The van der Waals surface area contributed by atoms with Gasteiger partial charge in [0.05, 0.1) is 8.07 Å². The van der Waals surface area contributed by atoms with Gasteiger partial charge in [0.25, 0.3) is 0 Å². The quantitative estimate of drug-likeness (QED) is 0.477. The highest BCUT2D eigenvalue weighted by Crippen LogP contribution is 2.19. The molecule has 0 saturated carbocycles. The zero-order valence-electron chi connectivity index (χ0n) is 10.5. The first kappa shape index (κ1) is 14.7. The minimum atomic E-state index is -1.43. The van der Waals surface area contributed by atoms with E-state index >= 15 is 0 Å². The Morgan fingerprint density at radius 1 is 1.07 bits per heavy atom. The second-order valence-corrected chi connectivity index (χ2v) is 10.4. The SMILES string of the molecule is CCCCCCCC[Si](C)(C)CC(=O)O. The number of aliphatic carboxylic acids is 1. The van der Waals surface area contributed by atoms with Crippen molar-refractivity contribution in [1.29, 1.82) is 0 Å². The van der Waals surface area contributed by atoms with E-state index in [0.717, 1.165) is 0 Å². The summed E-state index contributed by atoms with van der Waals surface area (Å²) < 4.78 is 0. The molecule has 0 saturated heterocycles. The Bertz CT molecular complexity index is 178. The summed E-state index contributed by atoms with van der Waals surface area (Å²) in [7, 11) is -1.43. The van der Waals surface area contributed by atoms with Gasteiger partial charge < -0.3 is 5.11 Å². The van der Waals surface area contributed by atoms with Crippen LogP contribution in [0.25, 0.3) is 0 Å². The molecule has 2 nitrogen and oxygen atoms in total. The van der Waals surface area contributed by atoms with E-state index in [1.807, 2.05) is 0 Å². The third-order valence-electron chi connectivity index (χ3n) is 2.84. The molecule has 0 aromatic carbocycles. The van der Waals surface area contributed by atoms with E-state index in [4.69, 9.17) is 5.11 Å². The van der Waals surface area contributed by atoms with E-state index in [9.17, 15) is 4.79 Å². The average molecular weight is 230 g/mol. The van der Waals surface area contributed by atoms with E-state index in [-0.39, 0.29) is 0 Å². The van der Waals surface area contributed by atoms with Gasteiger partial charge in [-0.15, -0.1) is 0 Å². The van der Waals surface area contributed by atoms with Gasteiger partial charge in [-0.2, -0.15) is 0 Å². The lowest BCUT2D eigenvalue weighted by atomic mass is 10.1. The summed E-state index contributed by atoms with van der Waals surface area (Å²) in [5, 5.41) is 8.76. The molecule has 90 valence electrons. The summed E-state index contributed by atoms with van der Waals surface area (Å²) in [6, 6.07) is 1.60. The van der Waals surface area contributed by atoms with Crippen LogP contribution in [-0.4, -0.2) is 19.1 Å². The van der Waals surface area contributed by atoms with E-state index in [2.05, 4.69) is 20.0 Å². The van der Waals surface area contributed by atoms with Crippen LogP contribution in [0.2, 0.25) is 25.2 Å². The number of hydrogen-bond donors (Lipinski definition) is 1. The van der Waals surface area contributed by atoms with Crippen LogP contribution in [0.3, 0.4) is 0 Å². The monoisotopic (exact) mass is 230 g/mol. The number of carboxylic acid groups (broad SMARTS) is 1. The normalized spacial score (nSPS) is 11.7. The lowest BCUT2D eigenvalue weighted by Crippen LogP contribution is -2.28. The molecule has 0 aromatic rings. The molecule has 0 atom stereocenters. The van der Waals surface area contributed by atoms with Crippen molar-refractivity contribution in [2.75, 3.05) is 0 Å². The minimum Gasteiger partial charge on any atom is -0.481 e. The topological polar surface area (TPSA) is 37.3 Å². The molecule has 3 heteroatoms. The van der Waals surface area contributed by atoms with Gasteiger partial charge in [0, 0.05) is 6.04 Å². The van der Waals surface area contributed by atoms with Crippen molar-refractivity contribution < 1.29 is 9.90 Å². The maximum atomic E-state index is 10.6. The minimum absolute atomic E-state index is 0.432. The van der Waals surface area contributed by atoms with Crippen LogP contribution >= 0.6 is 0 Å². The summed E-state index contributed by atoms with van der Waals surface area (Å²) in [6.45, 7) is 6.60. The van der Waals surface area contributed by atoms with Gasteiger partial charge in [-0.05, 0) is 0 Å². The number of rotatable bonds is 9. The Balaban J connectivity index is 3.44. The van der Waals surface area contributed by atoms with Crippen molar-refractivity contribution in [3.8, 4) is 0 Å². The summed E-state index contributed by atoms with van der Waals surface area (Å²) >= 11 is 0. The molecular weight excluding hydrogens is 204 g/mol. The van der Waals surface area contributed by atoms with Crippen LogP contribution in [0.15, 0.2) is 0 Å².